The topological polar surface area (TPSA) is 132 Å². The van der Waals surface area contributed by atoms with Gasteiger partial charge >= 0.3 is 0 Å². The third kappa shape index (κ3) is 4.59. The maximum atomic E-state index is 14.3. The number of halogens is 2. The standard InChI is InChI=1S/C25H25F2N7O2/c1-4-9-34-24(33-18-7-6-15(26)11-16(18)25(34)35)13(2)32-23-20(22(29)30-12-31-23)21(28)14-5-8-19(36-3)17(27)10-14/h5-8,10-13,28H,4,9H2,1-3H3,(H3,29,30,31,32). The predicted molar refractivity (Wildman–Crippen MR) is 134 cm³/mol. The number of anilines is 2. The van der Waals surface area contributed by atoms with Crippen molar-refractivity contribution in [3.05, 3.63) is 81.7 Å². The largest absolute Gasteiger partial charge is 0.494 e. The van der Waals surface area contributed by atoms with E-state index in [-0.39, 0.29) is 45.2 Å². The van der Waals surface area contributed by atoms with Gasteiger partial charge in [0, 0.05) is 12.1 Å². The number of methoxy groups -OCH3 is 1. The normalized spacial score (nSPS) is 11.9. The molecule has 0 aliphatic heterocycles. The highest BCUT2D eigenvalue weighted by atomic mass is 19.1. The Morgan fingerprint density at radius 3 is 2.69 bits per heavy atom. The number of hydrogen-bond donors (Lipinski definition) is 3. The summed E-state index contributed by atoms with van der Waals surface area (Å²) in [5.41, 5.74) is 6.43. The maximum absolute atomic E-state index is 14.3. The quantitative estimate of drug-likeness (QED) is 0.316. The molecule has 2 heterocycles. The van der Waals surface area contributed by atoms with Gasteiger partial charge in [0.25, 0.3) is 5.56 Å². The van der Waals surface area contributed by atoms with Crippen LogP contribution in [0.1, 0.15) is 43.3 Å². The fourth-order valence-corrected chi connectivity index (χ4v) is 3.97. The first-order valence-corrected chi connectivity index (χ1v) is 11.2. The fraction of sp³-hybridized carbons (Fsp3) is 0.240. The van der Waals surface area contributed by atoms with Crippen molar-refractivity contribution in [2.45, 2.75) is 32.9 Å². The molecule has 186 valence electrons. The van der Waals surface area contributed by atoms with E-state index in [1.807, 2.05) is 6.92 Å². The lowest BCUT2D eigenvalue weighted by molar-refractivity contribution is 0.386. The minimum atomic E-state index is -0.626. The summed E-state index contributed by atoms with van der Waals surface area (Å²) in [6, 6.07) is 7.45. The second-order valence-corrected chi connectivity index (χ2v) is 8.16. The Bertz CT molecular complexity index is 1520. The van der Waals surface area contributed by atoms with E-state index in [9.17, 15) is 13.6 Å². The lowest BCUT2D eigenvalue weighted by Gasteiger charge is -2.21. The van der Waals surface area contributed by atoms with Crippen molar-refractivity contribution < 1.29 is 13.5 Å². The molecular formula is C25H25F2N7O2. The zero-order valence-electron chi connectivity index (χ0n) is 20.0. The van der Waals surface area contributed by atoms with Crippen LogP contribution < -0.4 is 21.3 Å². The molecular weight excluding hydrogens is 468 g/mol. The molecule has 0 bridgehead atoms. The van der Waals surface area contributed by atoms with Crippen molar-refractivity contribution in [2.24, 2.45) is 0 Å². The van der Waals surface area contributed by atoms with E-state index in [2.05, 4.69) is 20.3 Å². The Balaban J connectivity index is 1.76. The highest BCUT2D eigenvalue weighted by Crippen LogP contribution is 2.27. The Hall–Kier alpha value is -4.41. The van der Waals surface area contributed by atoms with E-state index in [1.165, 1.54) is 54.4 Å². The minimum absolute atomic E-state index is 0.0221. The number of hydrogen-bond acceptors (Lipinski definition) is 8. The lowest BCUT2D eigenvalue weighted by Crippen LogP contribution is -2.29. The molecule has 0 aliphatic rings. The van der Waals surface area contributed by atoms with Gasteiger partial charge in [-0.05, 0) is 49.7 Å². The SMILES string of the molecule is CCCn1c(C(C)Nc2ncnc(N)c2C(=N)c2ccc(OC)c(F)c2)nc2ccc(F)cc2c1=O. The van der Waals surface area contributed by atoms with E-state index < -0.39 is 17.7 Å². The van der Waals surface area contributed by atoms with Crippen LogP contribution in [0, 0.1) is 17.0 Å². The van der Waals surface area contributed by atoms with E-state index in [1.54, 1.807) is 6.92 Å². The fourth-order valence-electron chi connectivity index (χ4n) is 3.97. The number of rotatable bonds is 8. The van der Waals surface area contributed by atoms with Gasteiger partial charge in [0.15, 0.2) is 11.6 Å². The second kappa shape index (κ2) is 10.1. The molecule has 0 aliphatic carbocycles. The van der Waals surface area contributed by atoms with Crippen LogP contribution >= 0.6 is 0 Å². The molecule has 4 N–H and O–H groups in total. The van der Waals surface area contributed by atoms with Crippen LogP contribution in [-0.4, -0.2) is 32.3 Å². The third-order valence-corrected chi connectivity index (χ3v) is 5.70. The average molecular weight is 494 g/mol. The third-order valence-electron chi connectivity index (χ3n) is 5.70. The number of benzene rings is 2. The van der Waals surface area contributed by atoms with Gasteiger partial charge in [0.1, 0.15) is 29.6 Å². The molecule has 9 nitrogen and oxygen atoms in total. The summed E-state index contributed by atoms with van der Waals surface area (Å²) in [7, 11) is 1.35. The van der Waals surface area contributed by atoms with Gasteiger partial charge < -0.3 is 15.8 Å². The molecule has 0 saturated carbocycles. The minimum Gasteiger partial charge on any atom is -0.494 e. The monoisotopic (exact) mass is 493 g/mol. The number of nitrogens with two attached hydrogens (primary N) is 1. The van der Waals surface area contributed by atoms with Crippen molar-refractivity contribution in [1.29, 1.82) is 5.41 Å². The first kappa shape index (κ1) is 24.7. The zero-order chi connectivity index (χ0) is 26.0. The summed E-state index contributed by atoms with van der Waals surface area (Å²) in [5.74, 6) is -0.448. The van der Waals surface area contributed by atoms with Crippen LogP contribution in [0.15, 0.2) is 47.5 Å². The molecule has 4 rings (SSSR count). The van der Waals surface area contributed by atoms with Crippen LogP contribution in [0.2, 0.25) is 0 Å². The number of nitrogens with one attached hydrogen (secondary N) is 2. The highest BCUT2D eigenvalue weighted by Gasteiger charge is 2.22. The van der Waals surface area contributed by atoms with Crippen LogP contribution in [0.5, 0.6) is 5.75 Å². The summed E-state index contributed by atoms with van der Waals surface area (Å²) in [6.45, 7) is 4.07. The highest BCUT2D eigenvalue weighted by molar-refractivity contribution is 6.16. The number of nitrogen functional groups attached to an aromatic ring is 1. The van der Waals surface area contributed by atoms with Crippen LogP contribution in [-0.2, 0) is 6.54 Å². The Morgan fingerprint density at radius 2 is 2.00 bits per heavy atom. The van der Waals surface area contributed by atoms with Crippen molar-refractivity contribution in [3.8, 4) is 5.75 Å². The van der Waals surface area contributed by atoms with Crippen molar-refractivity contribution in [3.63, 3.8) is 0 Å². The van der Waals surface area contributed by atoms with Crippen LogP contribution in [0.3, 0.4) is 0 Å². The van der Waals surface area contributed by atoms with E-state index in [4.69, 9.17) is 15.9 Å². The van der Waals surface area contributed by atoms with Crippen molar-refractivity contribution in [1.82, 2.24) is 19.5 Å². The molecule has 0 fully saturated rings. The number of aromatic nitrogens is 4. The van der Waals surface area contributed by atoms with Crippen molar-refractivity contribution in [2.75, 3.05) is 18.2 Å². The zero-order valence-corrected chi connectivity index (χ0v) is 20.0. The molecule has 1 atom stereocenters. The first-order valence-electron chi connectivity index (χ1n) is 11.2. The molecule has 0 amide bonds. The van der Waals surface area contributed by atoms with Crippen LogP contribution in [0.4, 0.5) is 20.4 Å². The van der Waals surface area contributed by atoms with Gasteiger partial charge in [-0.1, -0.05) is 6.92 Å². The van der Waals surface area contributed by atoms with Gasteiger partial charge in [-0.2, -0.15) is 0 Å². The van der Waals surface area contributed by atoms with Gasteiger partial charge in [-0.15, -0.1) is 0 Å². The van der Waals surface area contributed by atoms with E-state index >= 15 is 0 Å². The number of ether oxygens (including phenoxy) is 1. The van der Waals surface area contributed by atoms with Gasteiger partial charge in [0.2, 0.25) is 0 Å². The summed E-state index contributed by atoms with van der Waals surface area (Å²) < 4.78 is 34.5. The molecule has 11 heteroatoms. The molecule has 0 saturated heterocycles. The van der Waals surface area contributed by atoms with E-state index in [0.29, 0.717) is 24.3 Å². The number of nitrogens with zero attached hydrogens (tertiary/aromatic N) is 4. The van der Waals surface area contributed by atoms with Crippen molar-refractivity contribution >= 4 is 28.3 Å². The summed E-state index contributed by atoms with van der Waals surface area (Å²) >= 11 is 0. The van der Waals surface area contributed by atoms with Crippen LogP contribution in [0.25, 0.3) is 10.9 Å². The Kier molecular flexibility index (Phi) is 6.91. The molecule has 0 radical (unpaired) electrons. The molecule has 36 heavy (non-hydrogen) atoms. The second-order valence-electron chi connectivity index (χ2n) is 8.16. The Morgan fingerprint density at radius 1 is 1.22 bits per heavy atom. The molecule has 2 aromatic carbocycles. The molecule has 0 spiro atoms. The Labute approximate surface area is 205 Å². The summed E-state index contributed by atoms with van der Waals surface area (Å²) in [4.78, 5) is 26.0. The molecule has 2 aromatic heterocycles. The van der Waals surface area contributed by atoms with Gasteiger partial charge in [-0.3, -0.25) is 14.8 Å². The molecule has 1 unspecified atom stereocenters. The van der Waals surface area contributed by atoms with E-state index in [0.717, 1.165) is 0 Å². The lowest BCUT2D eigenvalue weighted by atomic mass is 10.0. The van der Waals surface area contributed by atoms with Gasteiger partial charge in [-0.25, -0.2) is 23.7 Å². The maximum Gasteiger partial charge on any atom is 0.261 e. The smallest absolute Gasteiger partial charge is 0.261 e. The van der Waals surface area contributed by atoms with Gasteiger partial charge in [0.05, 0.1) is 35.3 Å². The summed E-state index contributed by atoms with van der Waals surface area (Å²) in [6.07, 6.45) is 1.90. The average Bonchev–Trinajstić information content (AvgIpc) is 2.85. The number of fused-ring (bicyclic) bond motifs is 1. The molecule has 4 aromatic rings. The first-order chi connectivity index (χ1) is 17.2. The summed E-state index contributed by atoms with van der Waals surface area (Å²) in [5, 5.41) is 12.0. The predicted octanol–water partition coefficient (Wildman–Crippen LogP) is 4.05.